The molecule has 2 amide bonds. The molecular formula is C30H22N4O2S5. The van der Waals surface area contributed by atoms with E-state index in [4.69, 9.17) is 0 Å². The summed E-state index contributed by atoms with van der Waals surface area (Å²) >= 11 is 7.71. The van der Waals surface area contributed by atoms with Gasteiger partial charge in [-0.2, -0.15) is 0 Å². The predicted octanol–water partition coefficient (Wildman–Crippen LogP) is 8.52. The van der Waals surface area contributed by atoms with Gasteiger partial charge in [-0.05, 0) is 72.8 Å². The van der Waals surface area contributed by atoms with E-state index in [0.717, 1.165) is 50.3 Å². The molecule has 0 radical (unpaired) electrons. The summed E-state index contributed by atoms with van der Waals surface area (Å²) in [7, 11) is 0. The first-order valence-electron chi connectivity index (χ1n) is 12.5. The summed E-state index contributed by atoms with van der Waals surface area (Å²) in [5, 5.41) is 5.91. The molecule has 0 saturated carbocycles. The summed E-state index contributed by atoms with van der Waals surface area (Å²) in [5.41, 5.74) is 3.43. The Morgan fingerprint density at radius 3 is 1.41 bits per heavy atom. The first-order chi connectivity index (χ1) is 20.1. The highest BCUT2D eigenvalue weighted by molar-refractivity contribution is 8.02. The van der Waals surface area contributed by atoms with E-state index in [-0.39, 0.29) is 11.8 Å². The minimum Gasteiger partial charge on any atom is -0.325 e. The molecule has 11 heteroatoms. The van der Waals surface area contributed by atoms with Crippen LogP contribution in [0.15, 0.2) is 116 Å². The minimum atomic E-state index is -0.0641. The topological polar surface area (TPSA) is 84.0 Å². The van der Waals surface area contributed by atoms with Gasteiger partial charge in [0, 0.05) is 21.2 Å². The van der Waals surface area contributed by atoms with Crippen LogP contribution in [0.5, 0.6) is 0 Å². The Morgan fingerprint density at radius 2 is 1.00 bits per heavy atom. The Bertz CT molecular complexity index is 1620. The van der Waals surface area contributed by atoms with Gasteiger partial charge in [-0.25, -0.2) is 9.97 Å². The van der Waals surface area contributed by atoms with Crippen LogP contribution < -0.4 is 10.6 Å². The molecule has 0 bridgehead atoms. The zero-order chi connectivity index (χ0) is 28.0. The molecule has 2 N–H and O–H groups in total. The van der Waals surface area contributed by atoms with E-state index in [2.05, 4.69) is 20.6 Å². The van der Waals surface area contributed by atoms with Crippen molar-refractivity contribution in [1.29, 1.82) is 0 Å². The minimum absolute atomic E-state index is 0.0641. The molecule has 0 spiro atoms. The average Bonchev–Trinajstić information content (AvgIpc) is 3.61. The van der Waals surface area contributed by atoms with E-state index in [0.29, 0.717) is 11.5 Å². The molecule has 0 aliphatic rings. The van der Waals surface area contributed by atoms with Gasteiger partial charge in [0.25, 0.3) is 0 Å². The van der Waals surface area contributed by atoms with Crippen LogP contribution in [0.1, 0.15) is 0 Å². The molecule has 2 heterocycles. The highest BCUT2D eigenvalue weighted by atomic mass is 32.2. The standard InChI is InChI=1S/C30H22N4O2S5/c35-27(17-37-29-33-23-5-1-3-7-25(23)40-29)31-19-9-13-21(14-10-19)39-22-15-11-20(12-16-22)32-28(36)18-38-30-34-24-6-2-4-8-26(24)41-30/h1-16H,17-18H2,(H,31,35)(H,32,36). The molecule has 0 saturated heterocycles. The molecule has 4 aromatic carbocycles. The summed E-state index contributed by atoms with van der Waals surface area (Å²) in [5.74, 6) is 0.483. The number of thiazole rings is 2. The lowest BCUT2D eigenvalue weighted by atomic mass is 10.3. The highest BCUT2D eigenvalue weighted by Crippen LogP contribution is 2.32. The fraction of sp³-hybridized carbons (Fsp3) is 0.0667. The van der Waals surface area contributed by atoms with Gasteiger partial charge in [0.2, 0.25) is 11.8 Å². The Morgan fingerprint density at radius 1 is 0.585 bits per heavy atom. The number of carbonyl (C=O) groups excluding carboxylic acids is 2. The molecule has 0 atom stereocenters. The van der Waals surface area contributed by atoms with Gasteiger partial charge in [0.15, 0.2) is 8.68 Å². The van der Waals surface area contributed by atoms with Crippen LogP contribution in [0.25, 0.3) is 20.4 Å². The van der Waals surface area contributed by atoms with Gasteiger partial charge in [-0.1, -0.05) is 59.6 Å². The fourth-order valence-electron chi connectivity index (χ4n) is 3.82. The number of hydrogen-bond donors (Lipinski definition) is 2. The van der Waals surface area contributed by atoms with Crippen LogP contribution in [0, 0.1) is 0 Å². The van der Waals surface area contributed by atoms with Crippen molar-refractivity contribution in [2.45, 2.75) is 18.5 Å². The van der Waals surface area contributed by atoms with Crippen molar-refractivity contribution >= 4 is 102 Å². The van der Waals surface area contributed by atoms with Crippen LogP contribution >= 0.6 is 58.0 Å². The fourth-order valence-corrected chi connectivity index (χ4v) is 8.38. The van der Waals surface area contributed by atoms with Crippen LogP contribution in [0.4, 0.5) is 11.4 Å². The third kappa shape index (κ3) is 7.49. The monoisotopic (exact) mass is 630 g/mol. The van der Waals surface area contributed by atoms with E-state index >= 15 is 0 Å². The van der Waals surface area contributed by atoms with Crippen molar-refractivity contribution in [3.05, 3.63) is 97.1 Å². The maximum atomic E-state index is 12.4. The summed E-state index contributed by atoms with van der Waals surface area (Å²) in [6, 6.07) is 31.5. The average molecular weight is 631 g/mol. The van der Waals surface area contributed by atoms with Crippen molar-refractivity contribution in [2.75, 3.05) is 22.1 Å². The Hall–Kier alpha value is -3.35. The number of nitrogens with one attached hydrogen (secondary N) is 2. The number of para-hydroxylation sites is 2. The molecule has 0 aliphatic heterocycles. The summed E-state index contributed by atoms with van der Waals surface area (Å²) in [4.78, 5) is 36.1. The van der Waals surface area contributed by atoms with E-state index in [9.17, 15) is 9.59 Å². The van der Waals surface area contributed by atoms with E-state index in [1.807, 2.05) is 97.1 Å². The van der Waals surface area contributed by atoms with Crippen molar-refractivity contribution in [2.24, 2.45) is 0 Å². The molecule has 204 valence electrons. The summed E-state index contributed by atoms with van der Waals surface area (Å²) < 4.78 is 4.03. The molecule has 6 rings (SSSR count). The summed E-state index contributed by atoms with van der Waals surface area (Å²) in [6.45, 7) is 0. The lowest BCUT2D eigenvalue weighted by Gasteiger charge is -2.08. The quantitative estimate of drug-likeness (QED) is 0.147. The van der Waals surface area contributed by atoms with E-state index in [1.165, 1.54) is 23.5 Å². The van der Waals surface area contributed by atoms with Gasteiger partial charge in [-0.3, -0.25) is 9.59 Å². The third-order valence-electron chi connectivity index (χ3n) is 5.71. The number of rotatable bonds is 10. The summed E-state index contributed by atoms with van der Waals surface area (Å²) in [6.07, 6.45) is 0. The van der Waals surface area contributed by atoms with Crippen LogP contribution in [0.2, 0.25) is 0 Å². The van der Waals surface area contributed by atoms with Gasteiger partial charge >= 0.3 is 0 Å². The lowest BCUT2D eigenvalue weighted by molar-refractivity contribution is -0.114. The predicted molar refractivity (Wildman–Crippen MR) is 175 cm³/mol. The Labute approximate surface area is 257 Å². The molecular weight excluding hydrogens is 609 g/mol. The molecule has 0 unspecified atom stereocenters. The van der Waals surface area contributed by atoms with Crippen molar-refractivity contribution in [3.63, 3.8) is 0 Å². The highest BCUT2D eigenvalue weighted by Gasteiger charge is 2.10. The maximum absolute atomic E-state index is 12.4. The second-order valence-corrected chi connectivity index (χ2v) is 14.4. The van der Waals surface area contributed by atoms with Crippen molar-refractivity contribution < 1.29 is 9.59 Å². The number of carbonyl (C=O) groups is 2. The number of fused-ring (bicyclic) bond motifs is 2. The number of nitrogens with zero attached hydrogens (tertiary/aromatic N) is 2. The Balaban J connectivity index is 0.949. The van der Waals surface area contributed by atoms with Crippen LogP contribution in [-0.2, 0) is 9.59 Å². The molecule has 0 aliphatic carbocycles. The lowest BCUT2D eigenvalue weighted by Crippen LogP contribution is -2.13. The second kappa shape index (κ2) is 13.1. The molecule has 6 aromatic rings. The van der Waals surface area contributed by atoms with Crippen molar-refractivity contribution in [1.82, 2.24) is 9.97 Å². The van der Waals surface area contributed by atoms with Crippen molar-refractivity contribution in [3.8, 4) is 0 Å². The van der Waals surface area contributed by atoms with Gasteiger partial charge in [0.1, 0.15) is 0 Å². The molecule has 41 heavy (non-hydrogen) atoms. The first-order valence-corrected chi connectivity index (χ1v) is 16.9. The zero-order valence-electron chi connectivity index (χ0n) is 21.4. The SMILES string of the molecule is O=C(CSc1nc2ccccc2s1)Nc1ccc(Sc2ccc(NC(=O)CSc3nc4ccccc4s3)cc2)cc1. The first kappa shape index (κ1) is 27.8. The largest absolute Gasteiger partial charge is 0.325 e. The van der Waals surface area contributed by atoms with Crippen LogP contribution in [0.3, 0.4) is 0 Å². The number of aromatic nitrogens is 2. The molecule has 6 nitrogen and oxygen atoms in total. The number of anilines is 2. The van der Waals surface area contributed by atoms with E-state index < -0.39 is 0 Å². The maximum Gasteiger partial charge on any atom is 0.234 e. The number of amides is 2. The number of thioether (sulfide) groups is 2. The van der Waals surface area contributed by atoms with Gasteiger partial charge in [-0.15, -0.1) is 22.7 Å². The normalized spacial score (nSPS) is 11.1. The number of hydrogen-bond acceptors (Lipinski definition) is 9. The third-order valence-corrected chi connectivity index (χ3v) is 11.1. The molecule has 2 aromatic heterocycles. The zero-order valence-corrected chi connectivity index (χ0v) is 25.5. The molecule has 0 fully saturated rings. The van der Waals surface area contributed by atoms with E-state index in [1.54, 1.807) is 34.4 Å². The number of benzene rings is 4. The van der Waals surface area contributed by atoms with Gasteiger partial charge < -0.3 is 10.6 Å². The second-order valence-electron chi connectivity index (χ2n) is 8.72. The van der Waals surface area contributed by atoms with Crippen LogP contribution in [-0.4, -0.2) is 33.3 Å². The Kier molecular flexibility index (Phi) is 8.88. The van der Waals surface area contributed by atoms with Gasteiger partial charge in [0.05, 0.1) is 31.9 Å². The smallest absolute Gasteiger partial charge is 0.234 e.